The molecule has 0 fully saturated rings. The van der Waals surface area contributed by atoms with Gasteiger partial charge in [0.2, 0.25) is 0 Å². The van der Waals surface area contributed by atoms with Gasteiger partial charge in [-0.2, -0.15) is 0 Å². The van der Waals surface area contributed by atoms with Gasteiger partial charge in [-0.05, 0) is 24.6 Å². The summed E-state index contributed by atoms with van der Waals surface area (Å²) >= 11 is 5.87. The lowest BCUT2D eigenvalue weighted by Crippen LogP contribution is -2.17. The summed E-state index contributed by atoms with van der Waals surface area (Å²) in [5.74, 6) is 0. The average Bonchev–Trinajstić information content (AvgIpc) is 2.42. The smallest absolute Gasteiger partial charge is 0.129 e. The van der Waals surface area contributed by atoms with Crippen LogP contribution >= 0.6 is 11.6 Å². The number of aromatic nitrogens is 1. The van der Waals surface area contributed by atoms with Gasteiger partial charge < -0.3 is 10.1 Å². The highest BCUT2D eigenvalue weighted by Crippen LogP contribution is 2.23. The van der Waals surface area contributed by atoms with Gasteiger partial charge in [0, 0.05) is 7.11 Å². The van der Waals surface area contributed by atoms with Gasteiger partial charge in [-0.1, -0.05) is 41.9 Å². The molecule has 1 N–H and O–H groups in total. The molecule has 1 unspecified atom stereocenters. The van der Waals surface area contributed by atoms with E-state index >= 15 is 0 Å². The Kier molecular flexibility index (Phi) is 4.77. The highest BCUT2D eigenvalue weighted by molar-refractivity contribution is 6.29. The summed E-state index contributed by atoms with van der Waals surface area (Å²) in [6, 6.07) is 14.0. The molecule has 0 bridgehead atoms. The van der Waals surface area contributed by atoms with Crippen molar-refractivity contribution in [3.63, 3.8) is 0 Å². The standard InChI is InChI=1S/C15H17ClN2O/c1-11-13(8-9-15(16)17-11)18-14(10-19-2)12-6-4-3-5-7-12/h3-9,14,18H,10H2,1-2H3. The molecular formula is C15H17ClN2O. The zero-order valence-electron chi connectivity index (χ0n) is 11.1. The Balaban J connectivity index is 2.21. The molecular weight excluding hydrogens is 260 g/mol. The van der Waals surface area contributed by atoms with Crippen molar-refractivity contribution in [1.29, 1.82) is 0 Å². The molecule has 1 aromatic heterocycles. The Morgan fingerprint density at radius 2 is 1.95 bits per heavy atom. The van der Waals surface area contributed by atoms with Crippen LogP contribution in [0.25, 0.3) is 0 Å². The van der Waals surface area contributed by atoms with Crippen molar-refractivity contribution in [3.05, 3.63) is 58.9 Å². The van der Waals surface area contributed by atoms with Crippen molar-refractivity contribution in [2.24, 2.45) is 0 Å². The van der Waals surface area contributed by atoms with Crippen LogP contribution in [0.3, 0.4) is 0 Å². The number of halogens is 1. The van der Waals surface area contributed by atoms with Gasteiger partial charge in [-0.15, -0.1) is 0 Å². The third-order valence-electron chi connectivity index (χ3n) is 2.92. The summed E-state index contributed by atoms with van der Waals surface area (Å²) in [7, 11) is 1.70. The fourth-order valence-electron chi connectivity index (χ4n) is 1.94. The van der Waals surface area contributed by atoms with Crippen LogP contribution in [0, 0.1) is 6.92 Å². The van der Waals surface area contributed by atoms with Crippen LogP contribution in [0.1, 0.15) is 17.3 Å². The summed E-state index contributed by atoms with van der Waals surface area (Å²) in [4.78, 5) is 4.24. The maximum atomic E-state index is 5.87. The number of anilines is 1. The number of hydrogen-bond donors (Lipinski definition) is 1. The van der Waals surface area contributed by atoms with E-state index in [0.717, 1.165) is 11.4 Å². The second-order valence-corrected chi connectivity index (χ2v) is 4.72. The Morgan fingerprint density at radius 1 is 1.21 bits per heavy atom. The monoisotopic (exact) mass is 276 g/mol. The molecule has 4 heteroatoms. The largest absolute Gasteiger partial charge is 0.382 e. The van der Waals surface area contributed by atoms with Crippen LogP contribution in [-0.4, -0.2) is 18.7 Å². The fraction of sp³-hybridized carbons (Fsp3) is 0.267. The number of aryl methyl sites for hydroxylation is 1. The van der Waals surface area contributed by atoms with E-state index in [9.17, 15) is 0 Å². The van der Waals surface area contributed by atoms with Crippen molar-refractivity contribution in [2.75, 3.05) is 19.0 Å². The van der Waals surface area contributed by atoms with E-state index in [-0.39, 0.29) is 6.04 Å². The van der Waals surface area contributed by atoms with Crippen LogP contribution < -0.4 is 5.32 Å². The number of ether oxygens (including phenoxy) is 1. The molecule has 0 amide bonds. The number of rotatable bonds is 5. The second-order valence-electron chi connectivity index (χ2n) is 4.33. The molecule has 1 atom stereocenters. The number of methoxy groups -OCH3 is 1. The number of nitrogens with one attached hydrogen (secondary N) is 1. The molecule has 0 spiro atoms. The van der Waals surface area contributed by atoms with Crippen LogP contribution in [0.4, 0.5) is 5.69 Å². The van der Waals surface area contributed by atoms with Crippen molar-refractivity contribution < 1.29 is 4.74 Å². The first kappa shape index (κ1) is 13.8. The minimum Gasteiger partial charge on any atom is -0.382 e. The van der Waals surface area contributed by atoms with E-state index in [1.54, 1.807) is 13.2 Å². The second kappa shape index (κ2) is 6.55. The maximum absolute atomic E-state index is 5.87. The van der Waals surface area contributed by atoms with E-state index in [0.29, 0.717) is 11.8 Å². The normalized spacial score (nSPS) is 12.2. The lowest BCUT2D eigenvalue weighted by molar-refractivity contribution is 0.186. The van der Waals surface area contributed by atoms with E-state index in [1.807, 2.05) is 31.2 Å². The predicted octanol–water partition coefficient (Wildman–Crippen LogP) is 3.84. The highest BCUT2D eigenvalue weighted by Gasteiger charge is 2.12. The van der Waals surface area contributed by atoms with Gasteiger partial charge in [0.25, 0.3) is 0 Å². The van der Waals surface area contributed by atoms with Crippen molar-refractivity contribution in [2.45, 2.75) is 13.0 Å². The molecule has 1 aromatic carbocycles. The Hall–Kier alpha value is -1.58. The van der Waals surface area contributed by atoms with Crippen molar-refractivity contribution >= 4 is 17.3 Å². The lowest BCUT2D eigenvalue weighted by atomic mass is 10.1. The molecule has 1 heterocycles. The number of nitrogens with zero attached hydrogens (tertiary/aromatic N) is 1. The molecule has 0 aliphatic heterocycles. The van der Waals surface area contributed by atoms with Gasteiger partial charge in [-0.3, -0.25) is 0 Å². The van der Waals surface area contributed by atoms with E-state index in [1.165, 1.54) is 5.56 Å². The van der Waals surface area contributed by atoms with Crippen LogP contribution in [0.2, 0.25) is 5.15 Å². The lowest BCUT2D eigenvalue weighted by Gasteiger charge is -2.20. The van der Waals surface area contributed by atoms with Crippen LogP contribution in [0.5, 0.6) is 0 Å². The van der Waals surface area contributed by atoms with Gasteiger partial charge in [0.05, 0.1) is 24.0 Å². The van der Waals surface area contributed by atoms with Gasteiger partial charge in [-0.25, -0.2) is 4.98 Å². The van der Waals surface area contributed by atoms with Crippen LogP contribution in [0.15, 0.2) is 42.5 Å². The fourth-order valence-corrected chi connectivity index (χ4v) is 2.13. The van der Waals surface area contributed by atoms with Crippen LogP contribution in [-0.2, 0) is 4.74 Å². The number of pyridine rings is 1. The van der Waals surface area contributed by atoms with E-state index in [4.69, 9.17) is 16.3 Å². The van der Waals surface area contributed by atoms with Gasteiger partial charge in [0.15, 0.2) is 0 Å². The van der Waals surface area contributed by atoms with Gasteiger partial charge >= 0.3 is 0 Å². The average molecular weight is 277 g/mol. The first-order valence-electron chi connectivity index (χ1n) is 6.14. The zero-order chi connectivity index (χ0) is 13.7. The molecule has 0 saturated heterocycles. The molecule has 100 valence electrons. The third kappa shape index (κ3) is 3.69. The van der Waals surface area contributed by atoms with Crippen molar-refractivity contribution in [1.82, 2.24) is 4.98 Å². The minimum atomic E-state index is 0.0906. The first-order chi connectivity index (χ1) is 9.20. The molecule has 0 aliphatic rings. The third-order valence-corrected chi connectivity index (χ3v) is 3.13. The summed E-state index contributed by atoms with van der Waals surface area (Å²) in [5.41, 5.74) is 3.03. The number of benzene rings is 1. The number of hydrogen-bond acceptors (Lipinski definition) is 3. The molecule has 19 heavy (non-hydrogen) atoms. The molecule has 2 rings (SSSR count). The summed E-state index contributed by atoms with van der Waals surface area (Å²) < 4.78 is 5.29. The van der Waals surface area contributed by atoms with E-state index < -0.39 is 0 Å². The summed E-state index contributed by atoms with van der Waals surface area (Å²) in [6.07, 6.45) is 0. The maximum Gasteiger partial charge on any atom is 0.129 e. The SMILES string of the molecule is COCC(Nc1ccc(Cl)nc1C)c1ccccc1. The Bertz CT molecular complexity index is 531. The Morgan fingerprint density at radius 3 is 2.58 bits per heavy atom. The topological polar surface area (TPSA) is 34.1 Å². The summed E-state index contributed by atoms with van der Waals surface area (Å²) in [6.45, 7) is 2.52. The first-order valence-corrected chi connectivity index (χ1v) is 6.52. The zero-order valence-corrected chi connectivity index (χ0v) is 11.8. The predicted molar refractivity (Wildman–Crippen MR) is 78.7 cm³/mol. The van der Waals surface area contributed by atoms with Gasteiger partial charge in [0.1, 0.15) is 5.15 Å². The molecule has 0 aliphatic carbocycles. The molecule has 3 nitrogen and oxygen atoms in total. The molecule has 0 radical (unpaired) electrons. The van der Waals surface area contributed by atoms with Crippen molar-refractivity contribution in [3.8, 4) is 0 Å². The molecule has 2 aromatic rings. The quantitative estimate of drug-likeness (QED) is 0.843. The minimum absolute atomic E-state index is 0.0906. The summed E-state index contributed by atoms with van der Waals surface area (Å²) in [5, 5.41) is 3.95. The highest BCUT2D eigenvalue weighted by atomic mass is 35.5. The molecule has 0 saturated carbocycles. The Labute approximate surface area is 118 Å². The van der Waals surface area contributed by atoms with E-state index in [2.05, 4.69) is 22.4 Å².